The van der Waals surface area contributed by atoms with Gasteiger partial charge in [-0.25, -0.2) is 4.39 Å². The predicted octanol–water partition coefficient (Wildman–Crippen LogP) is 5.57. The summed E-state index contributed by atoms with van der Waals surface area (Å²) in [5.74, 6) is -0.778. The molecule has 1 unspecified atom stereocenters. The van der Waals surface area contributed by atoms with E-state index in [0.717, 1.165) is 28.7 Å². The number of carbonyl (C=O) groups is 1. The van der Waals surface area contributed by atoms with Crippen molar-refractivity contribution in [2.75, 3.05) is 13.7 Å². The summed E-state index contributed by atoms with van der Waals surface area (Å²) in [6.45, 7) is 10.4. The topological polar surface area (TPSA) is 91.2 Å². The smallest absolute Gasteiger partial charge is 0.258 e. The van der Waals surface area contributed by atoms with Crippen molar-refractivity contribution in [3.8, 4) is 0 Å². The van der Waals surface area contributed by atoms with Crippen LogP contribution in [0.5, 0.6) is 0 Å². The number of nitrogens with two attached hydrogens (primary N) is 1. The highest BCUT2D eigenvalue weighted by molar-refractivity contribution is 5.94. The summed E-state index contributed by atoms with van der Waals surface area (Å²) >= 11 is 0. The van der Waals surface area contributed by atoms with Gasteiger partial charge in [0.1, 0.15) is 5.83 Å². The van der Waals surface area contributed by atoms with Crippen LogP contribution in [0.3, 0.4) is 0 Å². The van der Waals surface area contributed by atoms with E-state index in [1.807, 2.05) is 26.0 Å². The first kappa shape index (κ1) is 25.1. The van der Waals surface area contributed by atoms with Gasteiger partial charge in [-0.3, -0.25) is 4.79 Å². The summed E-state index contributed by atoms with van der Waals surface area (Å²) in [5.41, 5.74) is 10.8. The van der Waals surface area contributed by atoms with E-state index >= 15 is 0 Å². The molecule has 0 bridgehead atoms. The third-order valence-electron chi connectivity index (χ3n) is 6.05. The molecule has 6 nitrogen and oxygen atoms in total. The number of rotatable bonds is 8. The average molecular weight is 464 g/mol. The SMILES string of the molecule is C=C/C(C)=C(\C=C/C)C1CC=C(c2nc(C3=CC(F)=C(C(N)=O)CC=C3)no2)C(C)=C1COC. The Morgan fingerprint density at radius 3 is 2.85 bits per heavy atom. The Balaban J connectivity index is 2.00. The van der Waals surface area contributed by atoms with Crippen molar-refractivity contribution < 1.29 is 18.4 Å². The molecule has 0 radical (unpaired) electrons. The number of hydrogen-bond donors (Lipinski definition) is 1. The molecule has 1 atom stereocenters. The molecule has 2 N–H and O–H groups in total. The van der Waals surface area contributed by atoms with Gasteiger partial charge in [-0.2, -0.15) is 4.98 Å². The minimum atomic E-state index is -0.792. The molecule has 3 rings (SSSR count). The maximum atomic E-state index is 14.5. The van der Waals surface area contributed by atoms with Crippen LogP contribution in [0.2, 0.25) is 0 Å². The highest BCUT2D eigenvalue weighted by Gasteiger charge is 2.28. The Hall–Kier alpha value is -3.58. The number of amides is 1. The maximum Gasteiger partial charge on any atom is 0.258 e. The van der Waals surface area contributed by atoms with Crippen LogP contribution in [0, 0.1) is 5.92 Å². The number of halogens is 1. The number of carbonyl (C=O) groups excluding carboxylic acids is 1. The van der Waals surface area contributed by atoms with Crippen molar-refractivity contribution in [3.05, 3.63) is 94.5 Å². The third-order valence-corrected chi connectivity index (χ3v) is 6.05. The van der Waals surface area contributed by atoms with Crippen molar-refractivity contribution in [1.82, 2.24) is 10.1 Å². The lowest BCUT2D eigenvalue weighted by atomic mass is 9.78. The van der Waals surface area contributed by atoms with E-state index in [2.05, 4.69) is 35.8 Å². The summed E-state index contributed by atoms with van der Waals surface area (Å²) in [6, 6.07) is 0. The van der Waals surface area contributed by atoms with Gasteiger partial charge in [0.05, 0.1) is 12.2 Å². The molecule has 0 spiro atoms. The van der Waals surface area contributed by atoms with Crippen LogP contribution in [-0.2, 0) is 9.53 Å². The van der Waals surface area contributed by atoms with E-state index < -0.39 is 11.7 Å². The molecule has 0 fully saturated rings. The van der Waals surface area contributed by atoms with Gasteiger partial charge in [0, 0.05) is 24.2 Å². The molecule has 0 aliphatic heterocycles. The van der Waals surface area contributed by atoms with E-state index in [1.165, 1.54) is 11.6 Å². The van der Waals surface area contributed by atoms with Gasteiger partial charge in [-0.15, -0.1) is 0 Å². The zero-order valence-electron chi connectivity index (χ0n) is 20.0. The standard InChI is InChI=1S/C27H30FN3O3/c1-6-9-19(16(3)7-2)21-13-12-20(17(4)23(21)15-33-5)27-30-26(31-34-27)18-10-8-11-22(25(29)32)24(28)14-18/h6-10,12,14,21H,2,11,13,15H2,1,3-5H3,(H2,29,32)/b9-6-,19-16+. The molecule has 1 aromatic rings. The number of allylic oxidation sites excluding steroid dienone is 13. The van der Waals surface area contributed by atoms with Gasteiger partial charge in [0.15, 0.2) is 0 Å². The summed E-state index contributed by atoms with van der Waals surface area (Å²) < 4.78 is 25.6. The molecule has 2 aliphatic carbocycles. The highest BCUT2D eigenvalue weighted by atomic mass is 19.1. The molecular weight excluding hydrogens is 433 g/mol. The zero-order chi connectivity index (χ0) is 24.8. The second-order valence-electron chi connectivity index (χ2n) is 8.15. The van der Waals surface area contributed by atoms with Crippen molar-refractivity contribution in [1.29, 1.82) is 0 Å². The van der Waals surface area contributed by atoms with Crippen LogP contribution < -0.4 is 5.73 Å². The molecular formula is C27H30FN3O3. The van der Waals surface area contributed by atoms with Crippen LogP contribution in [-0.4, -0.2) is 29.8 Å². The van der Waals surface area contributed by atoms with E-state index in [1.54, 1.807) is 19.3 Å². The predicted molar refractivity (Wildman–Crippen MR) is 132 cm³/mol. The van der Waals surface area contributed by atoms with E-state index in [4.69, 9.17) is 15.0 Å². The fourth-order valence-corrected chi connectivity index (χ4v) is 4.19. The minimum Gasteiger partial charge on any atom is -0.380 e. The third kappa shape index (κ3) is 5.15. The fourth-order valence-electron chi connectivity index (χ4n) is 4.19. The van der Waals surface area contributed by atoms with Crippen molar-refractivity contribution in [2.45, 2.75) is 33.6 Å². The van der Waals surface area contributed by atoms with Crippen molar-refractivity contribution in [2.24, 2.45) is 11.7 Å². The van der Waals surface area contributed by atoms with E-state index in [0.29, 0.717) is 18.1 Å². The largest absolute Gasteiger partial charge is 0.380 e. The summed E-state index contributed by atoms with van der Waals surface area (Å²) in [7, 11) is 1.67. The van der Waals surface area contributed by atoms with Gasteiger partial charge < -0.3 is 15.0 Å². The van der Waals surface area contributed by atoms with Crippen LogP contribution in [0.15, 0.2) is 87.3 Å². The van der Waals surface area contributed by atoms with Gasteiger partial charge in [-0.1, -0.05) is 48.2 Å². The normalized spacial score (nSPS) is 19.7. The minimum absolute atomic E-state index is 0.0845. The molecule has 34 heavy (non-hydrogen) atoms. The average Bonchev–Trinajstić information content (AvgIpc) is 3.21. The van der Waals surface area contributed by atoms with Gasteiger partial charge in [0.25, 0.3) is 5.89 Å². The molecule has 178 valence electrons. The van der Waals surface area contributed by atoms with Gasteiger partial charge >= 0.3 is 0 Å². The van der Waals surface area contributed by atoms with Crippen LogP contribution in [0.25, 0.3) is 11.1 Å². The molecule has 0 saturated carbocycles. The molecule has 1 amide bonds. The molecule has 7 heteroatoms. The lowest BCUT2D eigenvalue weighted by Gasteiger charge is -2.28. The van der Waals surface area contributed by atoms with Crippen LogP contribution >= 0.6 is 0 Å². The number of aromatic nitrogens is 2. The first-order chi connectivity index (χ1) is 16.3. The summed E-state index contributed by atoms with van der Waals surface area (Å²) in [6.07, 6.45) is 13.4. The fraction of sp³-hybridized carbons (Fsp3) is 0.296. The maximum absolute atomic E-state index is 14.5. The van der Waals surface area contributed by atoms with Crippen LogP contribution in [0.4, 0.5) is 4.39 Å². The Labute approximate surface area is 199 Å². The van der Waals surface area contributed by atoms with Gasteiger partial charge in [0.2, 0.25) is 11.7 Å². The Bertz CT molecular complexity index is 1210. The van der Waals surface area contributed by atoms with Crippen molar-refractivity contribution in [3.63, 3.8) is 0 Å². The number of nitrogens with zero attached hydrogens (tertiary/aromatic N) is 2. The number of ether oxygens (including phenoxy) is 1. The summed E-state index contributed by atoms with van der Waals surface area (Å²) in [5, 5.41) is 4.05. The molecule has 2 aliphatic rings. The summed E-state index contributed by atoms with van der Waals surface area (Å²) in [4.78, 5) is 16.0. The zero-order valence-corrected chi connectivity index (χ0v) is 20.0. The lowest BCUT2D eigenvalue weighted by Crippen LogP contribution is -2.17. The molecule has 0 saturated heterocycles. The Morgan fingerprint density at radius 2 is 2.21 bits per heavy atom. The lowest BCUT2D eigenvalue weighted by molar-refractivity contribution is -0.114. The van der Waals surface area contributed by atoms with E-state index in [-0.39, 0.29) is 23.7 Å². The number of methoxy groups -OCH3 is 1. The monoisotopic (exact) mass is 463 g/mol. The first-order valence-corrected chi connectivity index (χ1v) is 11.1. The number of hydrogen-bond acceptors (Lipinski definition) is 5. The molecule has 1 aromatic heterocycles. The Kier molecular flexibility index (Phi) is 8.12. The van der Waals surface area contributed by atoms with E-state index in [9.17, 15) is 9.18 Å². The second kappa shape index (κ2) is 11.0. The van der Waals surface area contributed by atoms with Crippen molar-refractivity contribution >= 4 is 17.1 Å². The van der Waals surface area contributed by atoms with Crippen LogP contribution in [0.1, 0.15) is 45.3 Å². The molecule has 1 heterocycles. The molecule has 0 aromatic carbocycles. The highest BCUT2D eigenvalue weighted by Crippen LogP contribution is 2.40. The number of primary amides is 1. The quantitative estimate of drug-likeness (QED) is 0.509. The van der Waals surface area contributed by atoms with Gasteiger partial charge in [-0.05, 0) is 62.0 Å². The second-order valence-corrected chi connectivity index (χ2v) is 8.15. The Morgan fingerprint density at radius 1 is 1.44 bits per heavy atom. The first-order valence-electron chi connectivity index (χ1n) is 11.1.